The molecule has 9 nitrogen and oxygen atoms in total. The van der Waals surface area contributed by atoms with E-state index in [1.54, 1.807) is 11.0 Å². The van der Waals surface area contributed by atoms with Crippen LogP contribution in [-0.2, 0) is 16.0 Å². The number of carboxylic acid groups (broad SMARTS) is 1. The SMILES string of the molecule is O=C(O)c1ccc(CNC(=O)N2CCCO[C@@H](CN3CCOCC3)C2)o1. The molecule has 3 rings (SSSR count). The number of carbonyl (C=O) groups is 2. The Morgan fingerprint density at radius 2 is 2.00 bits per heavy atom. The zero-order chi connectivity index (χ0) is 18.4. The second kappa shape index (κ2) is 9.02. The number of hydrogen-bond acceptors (Lipinski definition) is 6. The Balaban J connectivity index is 1.49. The van der Waals surface area contributed by atoms with Crippen molar-refractivity contribution in [3.05, 3.63) is 23.7 Å². The monoisotopic (exact) mass is 367 g/mol. The number of carboxylic acids is 1. The summed E-state index contributed by atoms with van der Waals surface area (Å²) in [6, 6.07) is 2.73. The number of nitrogens with zero attached hydrogens (tertiary/aromatic N) is 2. The molecule has 3 heterocycles. The van der Waals surface area contributed by atoms with E-state index in [9.17, 15) is 9.59 Å². The molecule has 2 amide bonds. The van der Waals surface area contributed by atoms with Crippen LogP contribution in [0.4, 0.5) is 4.79 Å². The second-order valence-electron chi connectivity index (χ2n) is 6.44. The fourth-order valence-corrected chi connectivity index (χ4v) is 3.12. The van der Waals surface area contributed by atoms with Crippen LogP contribution in [0.3, 0.4) is 0 Å². The van der Waals surface area contributed by atoms with Gasteiger partial charge in [-0.15, -0.1) is 0 Å². The molecule has 0 bridgehead atoms. The van der Waals surface area contributed by atoms with Gasteiger partial charge in [-0.25, -0.2) is 9.59 Å². The minimum Gasteiger partial charge on any atom is -0.475 e. The van der Waals surface area contributed by atoms with Crippen LogP contribution in [0.1, 0.15) is 22.7 Å². The van der Waals surface area contributed by atoms with Crippen LogP contribution in [0.15, 0.2) is 16.5 Å². The molecule has 1 atom stereocenters. The number of furan rings is 1. The molecule has 2 fully saturated rings. The quantitative estimate of drug-likeness (QED) is 0.786. The normalized spacial score (nSPS) is 22.0. The topological polar surface area (TPSA) is 104 Å². The van der Waals surface area contributed by atoms with E-state index in [1.807, 2.05) is 0 Å². The van der Waals surface area contributed by atoms with E-state index < -0.39 is 5.97 Å². The van der Waals surface area contributed by atoms with Crippen LogP contribution in [0.5, 0.6) is 0 Å². The molecular formula is C17H25N3O6. The summed E-state index contributed by atoms with van der Waals surface area (Å²) >= 11 is 0. The van der Waals surface area contributed by atoms with Crippen LogP contribution in [0, 0.1) is 0 Å². The number of urea groups is 1. The van der Waals surface area contributed by atoms with Gasteiger partial charge in [0.1, 0.15) is 5.76 Å². The number of carbonyl (C=O) groups excluding carboxylic acids is 1. The Hall–Kier alpha value is -2.10. The molecule has 26 heavy (non-hydrogen) atoms. The van der Waals surface area contributed by atoms with Crippen molar-refractivity contribution < 1.29 is 28.6 Å². The molecule has 2 saturated heterocycles. The van der Waals surface area contributed by atoms with Gasteiger partial charge in [0.25, 0.3) is 0 Å². The Morgan fingerprint density at radius 1 is 1.19 bits per heavy atom. The van der Waals surface area contributed by atoms with Crippen molar-refractivity contribution in [3.8, 4) is 0 Å². The summed E-state index contributed by atoms with van der Waals surface area (Å²) in [6.07, 6.45) is 0.764. The molecule has 0 unspecified atom stereocenters. The lowest BCUT2D eigenvalue weighted by Gasteiger charge is -2.31. The lowest BCUT2D eigenvalue weighted by atomic mass is 10.3. The predicted octanol–water partition coefficient (Wildman–Crippen LogP) is 0.611. The van der Waals surface area contributed by atoms with E-state index in [1.165, 1.54) is 6.07 Å². The number of rotatable bonds is 5. The van der Waals surface area contributed by atoms with E-state index in [0.717, 1.165) is 39.3 Å². The van der Waals surface area contributed by atoms with Crippen molar-refractivity contribution in [2.75, 3.05) is 52.5 Å². The van der Waals surface area contributed by atoms with Crippen molar-refractivity contribution in [1.29, 1.82) is 0 Å². The zero-order valence-corrected chi connectivity index (χ0v) is 14.7. The number of ether oxygens (including phenoxy) is 2. The van der Waals surface area contributed by atoms with Gasteiger partial charge in [-0.2, -0.15) is 0 Å². The predicted molar refractivity (Wildman–Crippen MR) is 91.1 cm³/mol. The van der Waals surface area contributed by atoms with E-state index >= 15 is 0 Å². The molecule has 1 aromatic heterocycles. The fourth-order valence-electron chi connectivity index (χ4n) is 3.12. The molecule has 0 radical (unpaired) electrons. The number of nitrogens with one attached hydrogen (secondary N) is 1. The third-order valence-electron chi connectivity index (χ3n) is 4.49. The number of aromatic carboxylic acids is 1. The summed E-state index contributed by atoms with van der Waals surface area (Å²) in [5.41, 5.74) is 0. The van der Waals surface area contributed by atoms with Crippen molar-refractivity contribution in [2.24, 2.45) is 0 Å². The first-order valence-corrected chi connectivity index (χ1v) is 8.88. The summed E-state index contributed by atoms with van der Waals surface area (Å²) in [6.45, 7) is 5.97. The Bertz CT molecular complexity index is 613. The Labute approximate surface area is 151 Å². The van der Waals surface area contributed by atoms with Gasteiger partial charge >= 0.3 is 12.0 Å². The van der Waals surface area contributed by atoms with Gasteiger partial charge in [0.05, 0.1) is 25.9 Å². The maximum absolute atomic E-state index is 12.5. The van der Waals surface area contributed by atoms with Crippen LogP contribution >= 0.6 is 0 Å². The highest BCUT2D eigenvalue weighted by molar-refractivity contribution is 5.84. The van der Waals surface area contributed by atoms with Crippen LogP contribution in [0.2, 0.25) is 0 Å². The second-order valence-corrected chi connectivity index (χ2v) is 6.44. The van der Waals surface area contributed by atoms with Gasteiger partial charge in [0.15, 0.2) is 0 Å². The van der Waals surface area contributed by atoms with Crippen molar-refractivity contribution in [1.82, 2.24) is 15.1 Å². The molecule has 2 aliphatic rings. The lowest BCUT2D eigenvalue weighted by Crippen LogP contribution is -2.47. The molecule has 0 aromatic carbocycles. The van der Waals surface area contributed by atoms with Gasteiger partial charge in [-0.1, -0.05) is 0 Å². The average Bonchev–Trinajstić information content (AvgIpc) is 3.00. The third-order valence-corrected chi connectivity index (χ3v) is 4.49. The largest absolute Gasteiger partial charge is 0.475 e. The van der Waals surface area contributed by atoms with Crippen LogP contribution in [-0.4, -0.2) is 85.6 Å². The highest BCUT2D eigenvalue weighted by Crippen LogP contribution is 2.11. The Morgan fingerprint density at radius 3 is 2.73 bits per heavy atom. The fraction of sp³-hybridized carbons (Fsp3) is 0.647. The Kier molecular flexibility index (Phi) is 6.48. The van der Waals surface area contributed by atoms with E-state index in [4.69, 9.17) is 19.0 Å². The van der Waals surface area contributed by atoms with Gasteiger partial charge in [-0.05, 0) is 18.6 Å². The lowest BCUT2D eigenvalue weighted by molar-refractivity contribution is -0.0101. The van der Waals surface area contributed by atoms with Gasteiger partial charge in [0.2, 0.25) is 5.76 Å². The first kappa shape index (κ1) is 18.7. The zero-order valence-electron chi connectivity index (χ0n) is 14.7. The van der Waals surface area contributed by atoms with E-state index in [0.29, 0.717) is 25.5 Å². The van der Waals surface area contributed by atoms with Crippen molar-refractivity contribution in [3.63, 3.8) is 0 Å². The van der Waals surface area contributed by atoms with Crippen LogP contribution in [0.25, 0.3) is 0 Å². The molecule has 0 aliphatic carbocycles. The maximum Gasteiger partial charge on any atom is 0.371 e. The van der Waals surface area contributed by atoms with E-state index in [2.05, 4.69) is 10.2 Å². The van der Waals surface area contributed by atoms with Crippen molar-refractivity contribution >= 4 is 12.0 Å². The summed E-state index contributed by atoms with van der Waals surface area (Å²) in [5.74, 6) is -0.854. The average molecular weight is 367 g/mol. The summed E-state index contributed by atoms with van der Waals surface area (Å²) < 4.78 is 16.4. The van der Waals surface area contributed by atoms with Gasteiger partial charge in [-0.3, -0.25) is 4.90 Å². The molecule has 0 spiro atoms. The van der Waals surface area contributed by atoms with Crippen molar-refractivity contribution in [2.45, 2.75) is 19.1 Å². The molecule has 144 valence electrons. The summed E-state index contributed by atoms with van der Waals surface area (Å²) in [5, 5.41) is 11.6. The number of amides is 2. The van der Waals surface area contributed by atoms with Crippen LogP contribution < -0.4 is 5.32 Å². The molecular weight excluding hydrogens is 342 g/mol. The molecule has 1 aromatic rings. The molecule has 9 heteroatoms. The molecule has 2 aliphatic heterocycles. The highest BCUT2D eigenvalue weighted by atomic mass is 16.5. The standard InChI is InChI=1S/C17H25N3O6/c21-16(22)15-3-2-13(26-15)10-18-17(23)20-4-1-7-25-14(12-20)11-19-5-8-24-9-6-19/h2-3,14H,1,4-12H2,(H,18,23)(H,21,22)/t14-/m0/s1. The minimum atomic E-state index is -1.13. The number of hydrogen-bond donors (Lipinski definition) is 2. The van der Waals surface area contributed by atoms with Gasteiger partial charge < -0.3 is 29.2 Å². The smallest absolute Gasteiger partial charge is 0.371 e. The first-order chi connectivity index (χ1) is 12.6. The molecule has 0 saturated carbocycles. The maximum atomic E-state index is 12.5. The minimum absolute atomic E-state index is 0.0245. The first-order valence-electron chi connectivity index (χ1n) is 8.88. The summed E-state index contributed by atoms with van der Waals surface area (Å²) in [7, 11) is 0. The molecule has 2 N–H and O–H groups in total. The van der Waals surface area contributed by atoms with E-state index in [-0.39, 0.29) is 24.4 Å². The summed E-state index contributed by atoms with van der Waals surface area (Å²) in [4.78, 5) is 27.3. The van der Waals surface area contributed by atoms with Gasteiger partial charge in [0, 0.05) is 39.3 Å². The third kappa shape index (κ3) is 5.20. The number of morpholine rings is 1. The highest BCUT2D eigenvalue weighted by Gasteiger charge is 2.25.